The van der Waals surface area contributed by atoms with Crippen molar-refractivity contribution in [3.05, 3.63) is 192 Å². The Labute approximate surface area is 273 Å². The highest BCUT2D eigenvalue weighted by molar-refractivity contribution is 8.00. The number of fused-ring (bicyclic) bond motifs is 7. The van der Waals surface area contributed by atoms with Gasteiger partial charge in [-0.1, -0.05) is 176 Å². The van der Waals surface area contributed by atoms with Gasteiger partial charge in [-0.05, 0) is 77.9 Å². The van der Waals surface area contributed by atoms with Gasteiger partial charge in [-0.15, -0.1) is 0 Å². The van der Waals surface area contributed by atoms with E-state index in [1.54, 1.807) is 0 Å². The van der Waals surface area contributed by atoms with Crippen molar-refractivity contribution in [3.8, 4) is 33.4 Å². The molecule has 0 radical (unpaired) electrons. The summed E-state index contributed by atoms with van der Waals surface area (Å²) >= 11 is 1.90. The molecule has 0 fully saturated rings. The average Bonchev–Trinajstić information content (AvgIpc) is 3.44. The molecule has 8 aromatic rings. The predicted molar refractivity (Wildman–Crippen MR) is 194 cm³/mol. The zero-order valence-corrected chi connectivity index (χ0v) is 25.9. The van der Waals surface area contributed by atoms with E-state index >= 15 is 0 Å². The Morgan fingerprint density at radius 3 is 1.93 bits per heavy atom. The van der Waals surface area contributed by atoms with Crippen molar-refractivity contribution in [2.75, 3.05) is 0 Å². The monoisotopic (exact) mass is 600 g/mol. The Bertz CT molecular complexity index is 2480. The standard InChI is InChI=1S/C45H28S/c1-2-14-32(15-3-1)45(40-21-7-6-17-36(40)38-28-25-29-11-4-5-16-34(29)43(38)45)33-26-23-30(24-27-33)35-18-10-20-39-37-19-8-12-31-13-9-22-41(42(31)37)46-44(35)39/h1-28H. The third-order valence-electron chi connectivity index (χ3n) is 10.1. The maximum absolute atomic E-state index is 2.39. The molecule has 2 aliphatic rings. The van der Waals surface area contributed by atoms with E-state index in [2.05, 4.69) is 170 Å². The summed E-state index contributed by atoms with van der Waals surface area (Å²) in [6.45, 7) is 0. The van der Waals surface area contributed by atoms with Crippen LogP contribution < -0.4 is 0 Å². The second-order valence-electron chi connectivity index (χ2n) is 12.4. The van der Waals surface area contributed by atoms with Crippen LogP contribution in [-0.4, -0.2) is 0 Å². The number of hydrogen-bond acceptors (Lipinski definition) is 1. The van der Waals surface area contributed by atoms with Crippen molar-refractivity contribution >= 4 is 33.3 Å². The molecule has 0 nitrogen and oxygen atoms in total. The van der Waals surface area contributed by atoms with Crippen molar-refractivity contribution < 1.29 is 0 Å². The molecule has 0 saturated carbocycles. The van der Waals surface area contributed by atoms with Crippen molar-refractivity contribution in [1.29, 1.82) is 0 Å². The summed E-state index contributed by atoms with van der Waals surface area (Å²) in [5.74, 6) is 0. The third-order valence-corrected chi connectivity index (χ3v) is 11.3. The fourth-order valence-corrected chi connectivity index (χ4v) is 9.53. The van der Waals surface area contributed by atoms with Crippen LogP contribution in [0.25, 0.3) is 54.9 Å². The molecule has 10 rings (SSSR count). The molecule has 1 unspecified atom stereocenters. The molecule has 8 aromatic carbocycles. The Kier molecular flexibility index (Phi) is 5.53. The lowest BCUT2D eigenvalue weighted by molar-refractivity contribution is 0.775. The zero-order valence-electron chi connectivity index (χ0n) is 25.1. The summed E-state index contributed by atoms with van der Waals surface area (Å²) in [5, 5.41) is 5.25. The largest absolute Gasteiger partial charge is 0.0881 e. The van der Waals surface area contributed by atoms with Gasteiger partial charge in [0.1, 0.15) is 0 Å². The first-order valence-corrected chi connectivity index (χ1v) is 16.8. The third kappa shape index (κ3) is 3.47. The summed E-state index contributed by atoms with van der Waals surface area (Å²) in [6.07, 6.45) is 0. The molecule has 0 aromatic heterocycles. The van der Waals surface area contributed by atoms with Crippen molar-refractivity contribution in [2.45, 2.75) is 15.2 Å². The molecule has 1 heteroatoms. The minimum atomic E-state index is -0.438. The topological polar surface area (TPSA) is 0 Å². The highest BCUT2D eigenvalue weighted by atomic mass is 32.2. The van der Waals surface area contributed by atoms with E-state index in [1.807, 2.05) is 11.8 Å². The van der Waals surface area contributed by atoms with Gasteiger partial charge in [0.15, 0.2) is 0 Å². The van der Waals surface area contributed by atoms with Gasteiger partial charge in [0, 0.05) is 15.2 Å². The first-order chi connectivity index (χ1) is 22.8. The number of benzene rings is 8. The molecule has 46 heavy (non-hydrogen) atoms. The molecule has 1 atom stereocenters. The second-order valence-corrected chi connectivity index (χ2v) is 13.4. The van der Waals surface area contributed by atoms with Crippen molar-refractivity contribution in [2.24, 2.45) is 0 Å². The lowest BCUT2D eigenvalue weighted by atomic mass is 9.66. The van der Waals surface area contributed by atoms with Crippen LogP contribution >= 0.6 is 11.8 Å². The van der Waals surface area contributed by atoms with Crippen LogP contribution in [0, 0.1) is 0 Å². The molecule has 0 spiro atoms. The van der Waals surface area contributed by atoms with Crippen LogP contribution in [0.1, 0.15) is 22.3 Å². The first-order valence-electron chi connectivity index (χ1n) is 15.9. The molecular weight excluding hydrogens is 573 g/mol. The van der Waals surface area contributed by atoms with Gasteiger partial charge in [-0.3, -0.25) is 0 Å². The fraction of sp³-hybridized carbons (Fsp3) is 0.0222. The maximum atomic E-state index is 2.39. The van der Waals surface area contributed by atoms with Crippen LogP contribution in [0.2, 0.25) is 0 Å². The van der Waals surface area contributed by atoms with Crippen LogP contribution in [0.4, 0.5) is 0 Å². The smallest absolute Gasteiger partial charge is 0.0719 e. The van der Waals surface area contributed by atoms with E-state index in [4.69, 9.17) is 0 Å². The average molecular weight is 601 g/mol. The van der Waals surface area contributed by atoms with Crippen LogP contribution in [-0.2, 0) is 5.41 Å². The predicted octanol–water partition coefficient (Wildman–Crippen LogP) is 12.2. The fourth-order valence-electron chi connectivity index (χ4n) is 8.25. The quantitative estimate of drug-likeness (QED) is 0.194. The highest BCUT2D eigenvalue weighted by Gasteiger charge is 2.47. The molecule has 1 aliphatic carbocycles. The molecule has 0 N–H and O–H groups in total. The second kappa shape index (κ2) is 9.81. The van der Waals surface area contributed by atoms with Crippen LogP contribution in [0.3, 0.4) is 0 Å². The van der Waals surface area contributed by atoms with Gasteiger partial charge in [0.05, 0.1) is 5.41 Å². The molecule has 0 bridgehead atoms. The Balaban J connectivity index is 1.21. The lowest BCUT2D eigenvalue weighted by Gasteiger charge is -2.35. The van der Waals surface area contributed by atoms with E-state index in [9.17, 15) is 0 Å². The minimum absolute atomic E-state index is 0.438. The molecule has 214 valence electrons. The van der Waals surface area contributed by atoms with Gasteiger partial charge in [0.25, 0.3) is 0 Å². The first kappa shape index (κ1) is 25.9. The van der Waals surface area contributed by atoms with Gasteiger partial charge >= 0.3 is 0 Å². The van der Waals surface area contributed by atoms with Gasteiger partial charge in [-0.2, -0.15) is 0 Å². The molecule has 1 heterocycles. The Morgan fingerprint density at radius 1 is 0.391 bits per heavy atom. The summed E-state index contributed by atoms with van der Waals surface area (Å²) in [6, 6.07) is 63.2. The van der Waals surface area contributed by atoms with Crippen molar-refractivity contribution in [3.63, 3.8) is 0 Å². The number of hydrogen-bond donors (Lipinski definition) is 0. The van der Waals surface area contributed by atoms with E-state index in [0.29, 0.717) is 0 Å². The molecule has 0 amide bonds. The SMILES string of the molecule is c1ccc(C2(c3ccc(-c4cccc5c4Sc4cccc6cccc-5c46)cc3)c3ccccc3-c3ccc4ccccc4c32)cc1. The van der Waals surface area contributed by atoms with Gasteiger partial charge in [-0.25, -0.2) is 0 Å². The summed E-state index contributed by atoms with van der Waals surface area (Å²) in [5.41, 5.74) is 12.7. The molecular formula is C45H28S. The van der Waals surface area contributed by atoms with E-state index in [-0.39, 0.29) is 0 Å². The van der Waals surface area contributed by atoms with Crippen LogP contribution in [0.15, 0.2) is 180 Å². The van der Waals surface area contributed by atoms with Gasteiger partial charge in [0.2, 0.25) is 0 Å². The van der Waals surface area contributed by atoms with Crippen LogP contribution in [0.5, 0.6) is 0 Å². The normalized spacial score (nSPS) is 15.8. The van der Waals surface area contributed by atoms with E-state index in [0.717, 1.165) is 0 Å². The summed E-state index contributed by atoms with van der Waals surface area (Å²) in [7, 11) is 0. The zero-order chi connectivity index (χ0) is 30.2. The van der Waals surface area contributed by atoms with Gasteiger partial charge < -0.3 is 0 Å². The number of rotatable bonds is 3. The van der Waals surface area contributed by atoms with Crippen molar-refractivity contribution in [1.82, 2.24) is 0 Å². The highest BCUT2D eigenvalue weighted by Crippen LogP contribution is 2.58. The van der Waals surface area contributed by atoms with E-state index in [1.165, 1.54) is 87.0 Å². The summed E-state index contributed by atoms with van der Waals surface area (Å²) in [4.78, 5) is 2.67. The van der Waals surface area contributed by atoms with E-state index < -0.39 is 5.41 Å². The molecule has 1 aliphatic heterocycles. The Morgan fingerprint density at radius 2 is 1.04 bits per heavy atom. The maximum Gasteiger partial charge on any atom is 0.0719 e. The minimum Gasteiger partial charge on any atom is -0.0881 e. The molecule has 0 saturated heterocycles. The lowest BCUT2D eigenvalue weighted by Crippen LogP contribution is -2.28. The summed E-state index contributed by atoms with van der Waals surface area (Å²) < 4.78 is 0. The Hall–Kier alpha value is -5.37.